The zero-order valence-electron chi connectivity index (χ0n) is 10.5. The molecule has 1 aromatic heterocycles. The van der Waals surface area contributed by atoms with E-state index in [-0.39, 0.29) is 0 Å². The van der Waals surface area contributed by atoms with Crippen molar-refractivity contribution in [3.8, 4) is 11.4 Å². The number of nitrogen functional groups attached to an aromatic ring is 1. The first-order valence-corrected chi connectivity index (χ1v) is 5.90. The lowest BCUT2D eigenvalue weighted by Crippen LogP contribution is -1.96. The molecule has 1 aromatic carbocycles. The van der Waals surface area contributed by atoms with Crippen LogP contribution < -0.4 is 5.73 Å². The molecule has 0 radical (unpaired) electrons. The van der Waals surface area contributed by atoms with E-state index in [4.69, 9.17) is 5.73 Å². The average molecular weight is 230 g/mol. The van der Waals surface area contributed by atoms with E-state index in [1.165, 1.54) is 5.56 Å². The van der Waals surface area contributed by atoms with Crippen LogP contribution in [0.25, 0.3) is 11.4 Å². The van der Waals surface area contributed by atoms with Crippen molar-refractivity contribution in [1.82, 2.24) is 15.2 Å². The second-order valence-corrected chi connectivity index (χ2v) is 4.40. The Morgan fingerprint density at radius 3 is 2.76 bits per heavy atom. The van der Waals surface area contributed by atoms with Gasteiger partial charge in [0, 0.05) is 17.7 Å². The molecule has 4 heteroatoms. The number of hydrogen-bond donors (Lipinski definition) is 2. The maximum atomic E-state index is 6.07. The van der Waals surface area contributed by atoms with E-state index in [0.29, 0.717) is 5.82 Å². The predicted octanol–water partition coefficient (Wildman–Crippen LogP) is 2.62. The van der Waals surface area contributed by atoms with Crippen molar-refractivity contribution >= 4 is 5.69 Å². The van der Waals surface area contributed by atoms with Crippen LogP contribution in [0, 0.1) is 13.8 Å². The fourth-order valence-corrected chi connectivity index (χ4v) is 1.93. The normalized spacial score (nSPS) is 10.8. The highest BCUT2D eigenvalue weighted by molar-refractivity contribution is 5.74. The zero-order chi connectivity index (χ0) is 12.4. The molecule has 1 heterocycles. The lowest BCUT2D eigenvalue weighted by Gasteiger charge is -2.06. The van der Waals surface area contributed by atoms with Gasteiger partial charge in [-0.3, -0.25) is 5.10 Å². The summed E-state index contributed by atoms with van der Waals surface area (Å²) in [6.45, 7) is 6.17. The molecule has 0 amide bonds. The minimum absolute atomic E-state index is 0.692. The van der Waals surface area contributed by atoms with Gasteiger partial charge in [-0.25, -0.2) is 4.98 Å². The number of anilines is 1. The summed E-state index contributed by atoms with van der Waals surface area (Å²) in [6, 6.07) is 4.10. The first-order chi connectivity index (χ1) is 8.11. The van der Waals surface area contributed by atoms with Crippen LogP contribution in [0.3, 0.4) is 0 Å². The Bertz CT molecular complexity index is 528. The van der Waals surface area contributed by atoms with Gasteiger partial charge in [-0.1, -0.05) is 13.0 Å². The van der Waals surface area contributed by atoms with Gasteiger partial charge in [0.1, 0.15) is 5.82 Å². The van der Waals surface area contributed by atoms with E-state index in [1.807, 2.05) is 13.0 Å². The fraction of sp³-hybridized carbons (Fsp3) is 0.385. The highest BCUT2D eigenvalue weighted by atomic mass is 15.2. The van der Waals surface area contributed by atoms with Gasteiger partial charge >= 0.3 is 0 Å². The van der Waals surface area contributed by atoms with Crippen molar-refractivity contribution in [2.75, 3.05) is 5.73 Å². The monoisotopic (exact) mass is 230 g/mol. The van der Waals surface area contributed by atoms with Gasteiger partial charge in [0.25, 0.3) is 0 Å². The van der Waals surface area contributed by atoms with Crippen LogP contribution in [0.2, 0.25) is 0 Å². The maximum absolute atomic E-state index is 6.07. The topological polar surface area (TPSA) is 67.6 Å². The molecule has 0 spiro atoms. The molecule has 0 bridgehead atoms. The number of aryl methyl sites for hydroxylation is 3. The molecule has 0 saturated carbocycles. The van der Waals surface area contributed by atoms with Crippen molar-refractivity contribution in [1.29, 1.82) is 0 Å². The van der Waals surface area contributed by atoms with Crippen LogP contribution in [-0.2, 0) is 6.42 Å². The van der Waals surface area contributed by atoms with Crippen LogP contribution in [0.5, 0.6) is 0 Å². The van der Waals surface area contributed by atoms with Crippen LogP contribution in [0.1, 0.15) is 30.3 Å². The third kappa shape index (κ3) is 2.30. The molecule has 0 aliphatic rings. The van der Waals surface area contributed by atoms with E-state index in [0.717, 1.165) is 35.5 Å². The number of nitrogens with zero attached hydrogens (tertiary/aromatic N) is 2. The van der Waals surface area contributed by atoms with Crippen LogP contribution in [0.15, 0.2) is 12.1 Å². The number of benzene rings is 1. The summed E-state index contributed by atoms with van der Waals surface area (Å²) in [6.07, 6.45) is 1.97. The summed E-state index contributed by atoms with van der Waals surface area (Å²) < 4.78 is 0. The largest absolute Gasteiger partial charge is 0.398 e. The van der Waals surface area contributed by atoms with E-state index >= 15 is 0 Å². The van der Waals surface area contributed by atoms with E-state index in [1.54, 1.807) is 0 Å². The maximum Gasteiger partial charge on any atom is 0.183 e. The number of nitrogens with two attached hydrogens (primary N) is 1. The second-order valence-electron chi connectivity index (χ2n) is 4.40. The Hall–Kier alpha value is -1.84. The molecule has 90 valence electrons. The summed E-state index contributed by atoms with van der Waals surface area (Å²) in [5.74, 6) is 1.61. The van der Waals surface area contributed by atoms with Crippen molar-refractivity contribution in [3.63, 3.8) is 0 Å². The lowest BCUT2D eigenvalue weighted by molar-refractivity contribution is 0.841. The number of aromatic amines is 1. The molecule has 3 N–H and O–H groups in total. The van der Waals surface area contributed by atoms with Gasteiger partial charge in [-0.15, -0.1) is 0 Å². The Labute approximate surface area is 101 Å². The Morgan fingerprint density at radius 1 is 1.29 bits per heavy atom. The predicted molar refractivity (Wildman–Crippen MR) is 69.7 cm³/mol. The van der Waals surface area contributed by atoms with Crippen molar-refractivity contribution in [2.45, 2.75) is 33.6 Å². The lowest BCUT2D eigenvalue weighted by atomic mass is 10.0. The smallest absolute Gasteiger partial charge is 0.183 e. The van der Waals surface area contributed by atoms with Crippen LogP contribution >= 0.6 is 0 Å². The van der Waals surface area contributed by atoms with Gasteiger partial charge in [0.15, 0.2) is 5.82 Å². The van der Waals surface area contributed by atoms with Gasteiger partial charge in [0.2, 0.25) is 0 Å². The molecule has 0 atom stereocenters. The van der Waals surface area contributed by atoms with Crippen LogP contribution in [-0.4, -0.2) is 15.2 Å². The number of hydrogen-bond acceptors (Lipinski definition) is 3. The van der Waals surface area contributed by atoms with Crippen molar-refractivity contribution in [3.05, 3.63) is 29.1 Å². The molecule has 4 nitrogen and oxygen atoms in total. The molecule has 0 saturated heterocycles. The molecule has 2 rings (SSSR count). The van der Waals surface area contributed by atoms with Gasteiger partial charge in [-0.2, -0.15) is 5.10 Å². The number of nitrogens with one attached hydrogen (secondary N) is 1. The minimum Gasteiger partial charge on any atom is -0.398 e. The Balaban J connectivity index is 2.44. The van der Waals surface area contributed by atoms with E-state index < -0.39 is 0 Å². The van der Waals surface area contributed by atoms with Crippen molar-refractivity contribution < 1.29 is 0 Å². The highest BCUT2D eigenvalue weighted by Crippen LogP contribution is 2.27. The summed E-state index contributed by atoms with van der Waals surface area (Å²) in [4.78, 5) is 4.47. The zero-order valence-corrected chi connectivity index (χ0v) is 10.5. The minimum atomic E-state index is 0.692. The molecule has 2 aromatic rings. The summed E-state index contributed by atoms with van der Waals surface area (Å²) in [5.41, 5.74) is 10.00. The molecule has 0 fully saturated rings. The first-order valence-electron chi connectivity index (χ1n) is 5.90. The van der Waals surface area contributed by atoms with E-state index in [9.17, 15) is 0 Å². The average Bonchev–Trinajstić information content (AvgIpc) is 2.72. The standard InChI is InChI=1S/C13H18N4/c1-4-5-11-15-13(17-16-11)10-7-8(2)6-9(3)12(10)14/h6-7H,4-5,14H2,1-3H3,(H,15,16,17). The van der Waals surface area contributed by atoms with Crippen molar-refractivity contribution in [2.24, 2.45) is 0 Å². The Morgan fingerprint density at radius 2 is 2.06 bits per heavy atom. The molecule has 0 aliphatic carbocycles. The molecular formula is C13H18N4. The van der Waals surface area contributed by atoms with Gasteiger partial charge in [0.05, 0.1) is 0 Å². The number of H-pyrrole nitrogens is 1. The first kappa shape index (κ1) is 11.6. The van der Waals surface area contributed by atoms with E-state index in [2.05, 4.69) is 35.1 Å². The van der Waals surface area contributed by atoms with Gasteiger partial charge < -0.3 is 5.73 Å². The van der Waals surface area contributed by atoms with Gasteiger partial charge in [-0.05, 0) is 37.5 Å². The number of aromatic nitrogens is 3. The summed E-state index contributed by atoms with van der Waals surface area (Å²) in [5, 5.41) is 7.19. The molecule has 0 aliphatic heterocycles. The third-order valence-corrected chi connectivity index (χ3v) is 2.79. The fourth-order valence-electron chi connectivity index (χ4n) is 1.93. The summed E-state index contributed by atoms with van der Waals surface area (Å²) >= 11 is 0. The molecule has 17 heavy (non-hydrogen) atoms. The Kier molecular flexibility index (Phi) is 3.13. The number of rotatable bonds is 3. The quantitative estimate of drug-likeness (QED) is 0.796. The van der Waals surface area contributed by atoms with Crippen LogP contribution in [0.4, 0.5) is 5.69 Å². The highest BCUT2D eigenvalue weighted by Gasteiger charge is 2.11. The molecular weight excluding hydrogens is 212 g/mol. The summed E-state index contributed by atoms with van der Waals surface area (Å²) in [7, 11) is 0. The molecule has 0 unspecified atom stereocenters. The second kappa shape index (κ2) is 4.57. The SMILES string of the molecule is CCCc1nc(-c2cc(C)cc(C)c2N)n[nH]1. The third-order valence-electron chi connectivity index (χ3n) is 2.79.